The Balaban J connectivity index is 2.38. The average molecular weight is 277 g/mol. The van der Waals surface area contributed by atoms with E-state index in [4.69, 9.17) is 10.5 Å². The molecule has 1 heterocycles. The van der Waals surface area contributed by atoms with E-state index in [1.54, 1.807) is 13.3 Å². The Morgan fingerprint density at radius 1 is 1.50 bits per heavy atom. The summed E-state index contributed by atoms with van der Waals surface area (Å²) >= 11 is 0. The first-order valence-corrected chi connectivity index (χ1v) is 7.43. The van der Waals surface area contributed by atoms with Gasteiger partial charge in [-0.15, -0.1) is 0 Å². The maximum atomic E-state index is 6.66. The fraction of sp³-hybridized carbons (Fsp3) is 0.688. The van der Waals surface area contributed by atoms with Gasteiger partial charge in [-0.05, 0) is 45.0 Å². The highest BCUT2D eigenvalue weighted by Gasteiger charge is 2.44. The van der Waals surface area contributed by atoms with Gasteiger partial charge in [0.25, 0.3) is 0 Å². The number of rotatable bonds is 4. The predicted molar refractivity (Wildman–Crippen MR) is 81.8 cm³/mol. The molecule has 0 bridgehead atoms. The van der Waals surface area contributed by atoms with Crippen molar-refractivity contribution in [1.29, 1.82) is 0 Å². The van der Waals surface area contributed by atoms with E-state index in [-0.39, 0.29) is 11.6 Å². The largest absolute Gasteiger partial charge is 0.495 e. The molecule has 2 rings (SSSR count). The second-order valence-corrected chi connectivity index (χ2v) is 6.27. The minimum absolute atomic E-state index is 0.0285. The second kappa shape index (κ2) is 6.10. The lowest BCUT2D eigenvalue weighted by Crippen LogP contribution is -2.55. The topological polar surface area (TPSA) is 51.4 Å². The Kier molecular flexibility index (Phi) is 4.66. The number of ether oxygens (including phenoxy) is 1. The Morgan fingerprint density at radius 3 is 2.85 bits per heavy atom. The Hall–Kier alpha value is -1.13. The van der Waals surface area contributed by atoms with E-state index in [0.29, 0.717) is 5.92 Å². The summed E-state index contributed by atoms with van der Waals surface area (Å²) in [5.74, 6) is 1.49. The van der Waals surface area contributed by atoms with Crippen LogP contribution in [-0.2, 0) is 0 Å². The molecular weight excluding hydrogens is 250 g/mol. The summed E-state index contributed by atoms with van der Waals surface area (Å²) in [5.41, 5.74) is 7.50. The molecule has 0 saturated heterocycles. The zero-order valence-corrected chi connectivity index (χ0v) is 13.1. The van der Waals surface area contributed by atoms with Crippen LogP contribution in [0.2, 0.25) is 0 Å². The van der Waals surface area contributed by atoms with Crippen molar-refractivity contribution in [3.63, 3.8) is 0 Å². The quantitative estimate of drug-likeness (QED) is 0.919. The monoisotopic (exact) mass is 277 g/mol. The van der Waals surface area contributed by atoms with Gasteiger partial charge in [0.2, 0.25) is 0 Å². The zero-order valence-electron chi connectivity index (χ0n) is 13.1. The van der Waals surface area contributed by atoms with Gasteiger partial charge >= 0.3 is 0 Å². The SMILES string of the molecule is COc1cccnc1C(N)C1(N(C)C)CCCC(C)C1. The molecule has 0 aromatic carbocycles. The molecule has 0 amide bonds. The minimum atomic E-state index is -0.128. The number of methoxy groups -OCH3 is 1. The molecule has 3 unspecified atom stereocenters. The third-order valence-electron chi connectivity index (χ3n) is 4.79. The number of nitrogens with two attached hydrogens (primary N) is 1. The summed E-state index contributed by atoms with van der Waals surface area (Å²) in [5, 5.41) is 0. The Labute approximate surface area is 122 Å². The first-order chi connectivity index (χ1) is 9.51. The van der Waals surface area contributed by atoms with Crippen molar-refractivity contribution in [2.24, 2.45) is 11.7 Å². The number of hydrogen-bond donors (Lipinski definition) is 1. The van der Waals surface area contributed by atoms with Gasteiger partial charge in [-0.3, -0.25) is 4.98 Å². The summed E-state index contributed by atoms with van der Waals surface area (Å²) in [6.45, 7) is 2.32. The second-order valence-electron chi connectivity index (χ2n) is 6.27. The first-order valence-electron chi connectivity index (χ1n) is 7.43. The molecule has 112 valence electrons. The summed E-state index contributed by atoms with van der Waals surface area (Å²) in [6.07, 6.45) is 6.54. The van der Waals surface area contributed by atoms with Crippen molar-refractivity contribution < 1.29 is 4.74 Å². The lowest BCUT2D eigenvalue weighted by atomic mass is 9.70. The molecule has 1 aliphatic rings. The van der Waals surface area contributed by atoms with Crippen LogP contribution in [0.5, 0.6) is 5.75 Å². The van der Waals surface area contributed by atoms with Crippen molar-refractivity contribution in [2.45, 2.75) is 44.2 Å². The van der Waals surface area contributed by atoms with E-state index in [1.165, 1.54) is 12.8 Å². The van der Waals surface area contributed by atoms with E-state index in [1.807, 2.05) is 12.1 Å². The van der Waals surface area contributed by atoms with Crippen molar-refractivity contribution in [2.75, 3.05) is 21.2 Å². The highest BCUT2D eigenvalue weighted by atomic mass is 16.5. The number of hydrogen-bond acceptors (Lipinski definition) is 4. The number of pyridine rings is 1. The maximum Gasteiger partial charge on any atom is 0.142 e. The van der Waals surface area contributed by atoms with Gasteiger partial charge in [-0.2, -0.15) is 0 Å². The molecule has 0 spiro atoms. The van der Waals surface area contributed by atoms with E-state index >= 15 is 0 Å². The van der Waals surface area contributed by atoms with Crippen LogP contribution in [0.4, 0.5) is 0 Å². The average Bonchev–Trinajstić information content (AvgIpc) is 2.46. The van der Waals surface area contributed by atoms with Crippen molar-refractivity contribution in [1.82, 2.24) is 9.88 Å². The van der Waals surface area contributed by atoms with Gasteiger partial charge in [0.05, 0.1) is 13.2 Å². The fourth-order valence-corrected chi connectivity index (χ4v) is 3.59. The fourth-order valence-electron chi connectivity index (χ4n) is 3.59. The van der Waals surface area contributed by atoms with Gasteiger partial charge in [-0.1, -0.05) is 19.8 Å². The Morgan fingerprint density at radius 2 is 2.25 bits per heavy atom. The summed E-state index contributed by atoms with van der Waals surface area (Å²) < 4.78 is 5.45. The molecule has 1 saturated carbocycles. The third-order valence-corrected chi connectivity index (χ3v) is 4.79. The first kappa shape index (κ1) is 15.3. The maximum absolute atomic E-state index is 6.66. The molecule has 4 nitrogen and oxygen atoms in total. The molecule has 0 radical (unpaired) electrons. The molecule has 0 aliphatic heterocycles. The smallest absolute Gasteiger partial charge is 0.142 e. The van der Waals surface area contributed by atoms with Crippen LogP contribution in [-0.4, -0.2) is 36.6 Å². The molecular formula is C16H27N3O. The van der Waals surface area contributed by atoms with Crippen LogP contribution in [0.25, 0.3) is 0 Å². The summed E-state index contributed by atoms with van der Waals surface area (Å²) in [7, 11) is 5.94. The van der Waals surface area contributed by atoms with E-state index in [2.05, 4.69) is 30.9 Å². The molecule has 1 aromatic rings. The van der Waals surface area contributed by atoms with Gasteiger partial charge in [-0.25, -0.2) is 0 Å². The zero-order chi connectivity index (χ0) is 14.8. The Bertz CT molecular complexity index is 449. The van der Waals surface area contributed by atoms with Crippen LogP contribution >= 0.6 is 0 Å². The standard InChI is InChI=1S/C16H27N3O/c1-12-7-5-9-16(11-12,19(2)3)15(17)14-13(20-4)8-6-10-18-14/h6,8,10,12,15H,5,7,9,11,17H2,1-4H3. The van der Waals surface area contributed by atoms with E-state index in [0.717, 1.165) is 24.3 Å². The number of likely N-dealkylation sites (N-methyl/N-ethyl adjacent to an activating group) is 1. The lowest BCUT2D eigenvalue weighted by Gasteiger charge is -2.48. The van der Waals surface area contributed by atoms with Gasteiger partial charge < -0.3 is 15.4 Å². The van der Waals surface area contributed by atoms with Crippen LogP contribution in [0, 0.1) is 5.92 Å². The van der Waals surface area contributed by atoms with Gasteiger partial charge in [0.1, 0.15) is 11.4 Å². The van der Waals surface area contributed by atoms with Crippen LogP contribution < -0.4 is 10.5 Å². The predicted octanol–water partition coefficient (Wildman–Crippen LogP) is 2.60. The lowest BCUT2D eigenvalue weighted by molar-refractivity contribution is 0.0478. The van der Waals surface area contributed by atoms with Gasteiger partial charge in [0.15, 0.2) is 0 Å². The number of aromatic nitrogens is 1. The van der Waals surface area contributed by atoms with Crippen molar-refractivity contribution in [3.05, 3.63) is 24.0 Å². The minimum Gasteiger partial charge on any atom is -0.495 e. The molecule has 2 N–H and O–H groups in total. The molecule has 1 aromatic heterocycles. The summed E-state index contributed by atoms with van der Waals surface area (Å²) in [4.78, 5) is 6.79. The summed E-state index contributed by atoms with van der Waals surface area (Å²) in [6, 6.07) is 3.70. The molecule has 1 aliphatic carbocycles. The molecule has 1 fully saturated rings. The third kappa shape index (κ3) is 2.67. The highest BCUT2D eigenvalue weighted by molar-refractivity contribution is 5.32. The highest BCUT2D eigenvalue weighted by Crippen LogP contribution is 2.44. The molecule has 3 atom stereocenters. The van der Waals surface area contributed by atoms with Crippen LogP contribution in [0.15, 0.2) is 18.3 Å². The number of nitrogens with zero attached hydrogens (tertiary/aromatic N) is 2. The van der Waals surface area contributed by atoms with E-state index in [9.17, 15) is 0 Å². The normalized spacial score (nSPS) is 28.4. The van der Waals surface area contributed by atoms with Gasteiger partial charge in [0, 0.05) is 11.7 Å². The van der Waals surface area contributed by atoms with Crippen molar-refractivity contribution in [3.8, 4) is 5.75 Å². The molecule has 4 heteroatoms. The van der Waals surface area contributed by atoms with Crippen LogP contribution in [0.3, 0.4) is 0 Å². The van der Waals surface area contributed by atoms with E-state index < -0.39 is 0 Å². The van der Waals surface area contributed by atoms with Crippen LogP contribution in [0.1, 0.15) is 44.3 Å². The van der Waals surface area contributed by atoms with Crippen molar-refractivity contribution >= 4 is 0 Å². The molecule has 20 heavy (non-hydrogen) atoms.